The summed E-state index contributed by atoms with van der Waals surface area (Å²) >= 11 is 0. The van der Waals surface area contributed by atoms with Crippen molar-refractivity contribution in [3.05, 3.63) is 11.8 Å². The molecule has 2 unspecified atom stereocenters. The minimum atomic E-state index is 0.217. The van der Waals surface area contributed by atoms with Gasteiger partial charge >= 0.3 is 0 Å². The van der Waals surface area contributed by atoms with E-state index in [2.05, 4.69) is 28.3 Å². The second-order valence-corrected chi connectivity index (χ2v) is 5.81. The molecule has 2 bridgehead atoms. The summed E-state index contributed by atoms with van der Waals surface area (Å²) in [6.45, 7) is 3.26. The summed E-state index contributed by atoms with van der Waals surface area (Å²) in [7, 11) is 0. The molecule has 1 N–H and O–H groups in total. The number of hydrogen-bond acceptors (Lipinski definition) is 4. The van der Waals surface area contributed by atoms with Crippen molar-refractivity contribution < 1.29 is 0 Å². The fourth-order valence-electron chi connectivity index (χ4n) is 3.20. The summed E-state index contributed by atoms with van der Waals surface area (Å²) in [6.07, 6.45) is 8.97. The molecule has 2 aliphatic carbocycles. The van der Waals surface area contributed by atoms with Gasteiger partial charge < -0.3 is 5.41 Å². The van der Waals surface area contributed by atoms with E-state index in [1.54, 1.807) is 0 Å². The molecule has 4 nitrogen and oxygen atoms in total. The van der Waals surface area contributed by atoms with Gasteiger partial charge in [0.05, 0.1) is 6.04 Å². The first-order valence-electron chi connectivity index (χ1n) is 7.22. The average molecular weight is 246 g/mol. The lowest BCUT2D eigenvalue weighted by Gasteiger charge is -2.37. The van der Waals surface area contributed by atoms with Crippen LogP contribution in [-0.2, 0) is 0 Å². The number of allylic oxidation sites excluding steroid dienone is 1. The molecule has 3 aliphatic rings. The zero-order valence-electron chi connectivity index (χ0n) is 11.1. The summed E-state index contributed by atoms with van der Waals surface area (Å²) < 4.78 is 0. The van der Waals surface area contributed by atoms with Crippen LogP contribution >= 0.6 is 0 Å². The highest BCUT2D eigenvalue weighted by atomic mass is 15.6. The van der Waals surface area contributed by atoms with Crippen LogP contribution in [-0.4, -0.2) is 23.3 Å². The van der Waals surface area contributed by atoms with Crippen LogP contribution in [0.4, 0.5) is 0 Å². The van der Waals surface area contributed by atoms with Gasteiger partial charge in [-0.2, -0.15) is 5.11 Å². The number of rotatable bonds is 3. The normalized spacial score (nSPS) is 31.9. The van der Waals surface area contributed by atoms with Crippen LogP contribution in [0, 0.1) is 17.2 Å². The summed E-state index contributed by atoms with van der Waals surface area (Å²) in [5.74, 6) is 1.28. The van der Waals surface area contributed by atoms with E-state index < -0.39 is 0 Å². The topological polar surface area (TPSA) is 51.8 Å². The lowest BCUT2D eigenvalue weighted by atomic mass is 9.84. The molecule has 4 heteroatoms. The van der Waals surface area contributed by atoms with E-state index >= 15 is 0 Å². The van der Waals surface area contributed by atoms with Gasteiger partial charge in [0, 0.05) is 36.7 Å². The van der Waals surface area contributed by atoms with Crippen LogP contribution in [0.1, 0.15) is 45.4 Å². The van der Waals surface area contributed by atoms with Crippen LogP contribution in [0.25, 0.3) is 0 Å². The van der Waals surface area contributed by atoms with Crippen LogP contribution < -0.4 is 0 Å². The van der Waals surface area contributed by atoms with E-state index in [0.717, 1.165) is 37.4 Å². The van der Waals surface area contributed by atoms with Gasteiger partial charge in [-0.05, 0) is 25.2 Å². The van der Waals surface area contributed by atoms with Crippen molar-refractivity contribution in [2.75, 3.05) is 6.54 Å². The van der Waals surface area contributed by atoms with Gasteiger partial charge in [0.2, 0.25) is 0 Å². The van der Waals surface area contributed by atoms with Crippen molar-refractivity contribution in [2.24, 2.45) is 22.2 Å². The van der Waals surface area contributed by atoms with Crippen molar-refractivity contribution in [3.8, 4) is 0 Å². The van der Waals surface area contributed by atoms with E-state index in [1.165, 1.54) is 25.0 Å². The maximum Gasteiger partial charge on any atom is 0.0864 e. The minimum Gasteiger partial charge on any atom is -0.309 e. The molecular weight excluding hydrogens is 224 g/mol. The molecule has 3 rings (SSSR count). The smallest absolute Gasteiger partial charge is 0.0864 e. The van der Waals surface area contributed by atoms with Crippen LogP contribution in [0.3, 0.4) is 0 Å². The van der Waals surface area contributed by atoms with Gasteiger partial charge in [0.15, 0.2) is 0 Å². The van der Waals surface area contributed by atoms with Crippen molar-refractivity contribution in [3.63, 3.8) is 0 Å². The van der Waals surface area contributed by atoms with Gasteiger partial charge in [-0.3, -0.25) is 5.01 Å². The fourth-order valence-corrected chi connectivity index (χ4v) is 3.20. The summed E-state index contributed by atoms with van der Waals surface area (Å²) in [5, 5.41) is 19.0. The highest BCUT2D eigenvalue weighted by Gasteiger charge is 2.35. The average Bonchev–Trinajstić information content (AvgIpc) is 2.42. The van der Waals surface area contributed by atoms with Crippen LogP contribution in [0.15, 0.2) is 22.1 Å². The van der Waals surface area contributed by atoms with Crippen molar-refractivity contribution in [1.29, 1.82) is 5.41 Å². The van der Waals surface area contributed by atoms with Gasteiger partial charge in [0.1, 0.15) is 0 Å². The Kier molecular flexibility index (Phi) is 3.18. The molecule has 0 aromatic rings. The molecule has 1 saturated carbocycles. The number of nitrogens with one attached hydrogen (secondary N) is 1. The van der Waals surface area contributed by atoms with Gasteiger partial charge in [-0.25, -0.2) is 0 Å². The van der Waals surface area contributed by atoms with E-state index in [1.807, 2.05) is 0 Å². The third-order valence-corrected chi connectivity index (χ3v) is 4.56. The third kappa shape index (κ3) is 2.08. The predicted molar refractivity (Wildman–Crippen MR) is 71.5 cm³/mol. The van der Waals surface area contributed by atoms with Crippen molar-refractivity contribution in [1.82, 2.24) is 5.01 Å². The minimum absolute atomic E-state index is 0.217. The number of fused-ring (bicyclic) bond motifs is 2. The molecule has 18 heavy (non-hydrogen) atoms. The van der Waals surface area contributed by atoms with Crippen LogP contribution in [0.5, 0.6) is 0 Å². The number of hydrogen-bond donors (Lipinski definition) is 1. The molecule has 0 saturated heterocycles. The molecule has 1 fully saturated rings. The molecule has 1 heterocycles. The standard InChI is InChI=1S/C14H22N4/c1-2-12-13-8-11(15)6-7-14(12)18(17-16-13)9-10-4-3-5-10/h7,10,12-13,15H,2-6,8-9H2,1H3. The largest absolute Gasteiger partial charge is 0.309 e. The molecule has 0 amide bonds. The molecule has 0 radical (unpaired) electrons. The molecule has 0 aromatic carbocycles. The lowest BCUT2D eigenvalue weighted by Crippen LogP contribution is -2.36. The first-order chi connectivity index (χ1) is 8.78. The Balaban J connectivity index is 1.82. The Hall–Kier alpha value is -1.19. The van der Waals surface area contributed by atoms with Crippen LogP contribution in [0.2, 0.25) is 0 Å². The zero-order valence-corrected chi connectivity index (χ0v) is 11.1. The van der Waals surface area contributed by atoms with Gasteiger partial charge in [-0.1, -0.05) is 24.6 Å². The molecule has 0 aromatic heterocycles. The molecular formula is C14H22N4. The van der Waals surface area contributed by atoms with E-state index in [-0.39, 0.29) is 6.04 Å². The lowest BCUT2D eigenvalue weighted by molar-refractivity contribution is 0.162. The Morgan fingerprint density at radius 1 is 1.44 bits per heavy atom. The quantitative estimate of drug-likeness (QED) is 0.813. The monoisotopic (exact) mass is 246 g/mol. The molecule has 98 valence electrons. The Morgan fingerprint density at radius 2 is 2.28 bits per heavy atom. The van der Waals surface area contributed by atoms with Gasteiger partial charge in [0.25, 0.3) is 0 Å². The van der Waals surface area contributed by atoms with E-state index in [9.17, 15) is 0 Å². The van der Waals surface area contributed by atoms with Gasteiger partial charge in [-0.15, -0.1) is 0 Å². The van der Waals surface area contributed by atoms with E-state index in [0.29, 0.717) is 5.92 Å². The maximum atomic E-state index is 7.94. The highest BCUT2D eigenvalue weighted by Crippen LogP contribution is 2.37. The predicted octanol–water partition coefficient (Wildman–Crippen LogP) is 3.56. The van der Waals surface area contributed by atoms with Crippen molar-refractivity contribution in [2.45, 2.75) is 51.5 Å². The first-order valence-corrected chi connectivity index (χ1v) is 7.22. The summed E-state index contributed by atoms with van der Waals surface area (Å²) in [4.78, 5) is 0. The van der Waals surface area contributed by atoms with E-state index in [4.69, 9.17) is 5.41 Å². The summed E-state index contributed by atoms with van der Waals surface area (Å²) in [6, 6.07) is 0.217. The highest BCUT2D eigenvalue weighted by molar-refractivity contribution is 5.84. The summed E-state index contributed by atoms with van der Waals surface area (Å²) in [5.41, 5.74) is 2.14. The maximum absolute atomic E-state index is 7.94. The Labute approximate surface area is 109 Å². The molecule has 1 aliphatic heterocycles. The Bertz CT molecular complexity index is 395. The second-order valence-electron chi connectivity index (χ2n) is 5.81. The SMILES string of the molecule is CCC1C2=CCC(=N)CC1N=NN2CC1CCC1. The number of nitrogens with zero attached hydrogens (tertiary/aromatic N) is 3. The second kappa shape index (κ2) is 4.82. The first kappa shape index (κ1) is 11.9. The molecule has 2 atom stereocenters. The van der Waals surface area contributed by atoms with Crippen molar-refractivity contribution >= 4 is 5.71 Å². The third-order valence-electron chi connectivity index (χ3n) is 4.56. The Morgan fingerprint density at radius 3 is 2.94 bits per heavy atom. The zero-order chi connectivity index (χ0) is 12.5. The fraction of sp³-hybridized carbons (Fsp3) is 0.786. The molecule has 0 spiro atoms.